The van der Waals surface area contributed by atoms with Gasteiger partial charge in [-0.15, -0.1) is 11.3 Å². The molecule has 1 N–H and O–H groups in total. The van der Waals surface area contributed by atoms with Crippen molar-refractivity contribution >= 4 is 39.2 Å². The Labute approximate surface area is 178 Å². The Morgan fingerprint density at radius 2 is 2.14 bits per heavy atom. The number of aryl methyl sites for hydroxylation is 1. The summed E-state index contributed by atoms with van der Waals surface area (Å²) in [5.74, 6) is 0.841. The third-order valence-corrected chi connectivity index (χ3v) is 7.49. The van der Waals surface area contributed by atoms with E-state index in [1.54, 1.807) is 15.9 Å². The van der Waals surface area contributed by atoms with E-state index in [9.17, 15) is 9.59 Å². The van der Waals surface area contributed by atoms with Crippen LogP contribution in [0.3, 0.4) is 0 Å². The van der Waals surface area contributed by atoms with E-state index in [4.69, 9.17) is 4.98 Å². The molecule has 7 heteroatoms. The molecule has 0 bridgehead atoms. The van der Waals surface area contributed by atoms with Crippen molar-refractivity contribution in [2.75, 3.05) is 5.75 Å². The second-order valence-corrected chi connectivity index (χ2v) is 9.55. The highest BCUT2D eigenvalue weighted by molar-refractivity contribution is 7.99. The van der Waals surface area contributed by atoms with Crippen LogP contribution < -0.4 is 10.9 Å². The first-order chi connectivity index (χ1) is 14.1. The van der Waals surface area contributed by atoms with Gasteiger partial charge in [-0.3, -0.25) is 14.2 Å². The Balaban J connectivity index is 1.52. The molecular formula is C22H25N3O2S2. The lowest BCUT2D eigenvalue weighted by molar-refractivity contribution is -0.118. The van der Waals surface area contributed by atoms with Crippen molar-refractivity contribution in [1.82, 2.24) is 14.9 Å². The normalized spacial score (nSPS) is 16.0. The van der Waals surface area contributed by atoms with Crippen molar-refractivity contribution in [2.24, 2.45) is 5.92 Å². The zero-order valence-corrected chi connectivity index (χ0v) is 18.4. The lowest BCUT2D eigenvalue weighted by Gasteiger charge is -2.17. The van der Waals surface area contributed by atoms with Crippen molar-refractivity contribution in [1.29, 1.82) is 0 Å². The number of fused-ring (bicyclic) bond motifs is 3. The van der Waals surface area contributed by atoms with Gasteiger partial charge in [0.15, 0.2) is 5.16 Å². The van der Waals surface area contributed by atoms with Crippen LogP contribution in [0.2, 0.25) is 0 Å². The zero-order valence-electron chi connectivity index (χ0n) is 16.7. The van der Waals surface area contributed by atoms with Gasteiger partial charge in [-0.05, 0) is 43.2 Å². The third-order valence-electron chi connectivity index (χ3n) is 5.36. The molecule has 5 nitrogen and oxygen atoms in total. The number of rotatable bonds is 6. The van der Waals surface area contributed by atoms with Gasteiger partial charge in [-0.25, -0.2) is 4.98 Å². The van der Waals surface area contributed by atoms with E-state index >= 15 is 0 Å². The van der Waals surface area contributed by atoms with Crippen LogP contribution in [-0.4, -0.2) is 21.2 Å². The maximum Gasteiger partial charge on any atom is 0.263 e. The number of thioether (sulfide) groups is 1. The number of hydrogen-bond acceptors (Lipinski definition) is 5. The minimum atomic E-state index is -0.0600. The number of benzene rings is 1. The van der Waals surface area contributed by atoms with E-state index in [0.29, 0.717) is 24.2 Å². The van der Waals surface area contributed by atoms with Crippen LogP contribution in [0.5, 0.6) is 0 Å². The monoisotopic (exact) mass is 427 g/mol. The maximum absolute atomic E-state index is 13.2. The predicted octanol–water partition coefficient (Wildman–Crippen LogP) is 4.01. The maximum atomic E-state index is 13.2. The molecule has 152 valence electrons. The standard InChI is InChI=1S/C22H25N3O2S2/c1-3-25-21(27)19-16-10-9-14(2)11-17(16)29-20(19)24-22(25)28-13-18(26)23-12-15-7-5-4-6-8-15/h4-8,14H,3,9-13H2,1-2H3,(H,23,26). The molecule has 29 heavy (non-hydrogen) atoms. The molecule has 1 aromatic carbocycles. The number of carbonyl (C=O) groups excluding carboxylic acids is 1. The molecule has 1 aliphatic rings. The number of nitrogens with one attached hydrogen (secondary N) is 1. The number of thiophene rings is 1. The molecule has 1 unspecified atom stereocenters. The number of carbonyl (C=O) groups is 1. The minimum absolute atomic E-state index is 0.0387. The molecule has 4 rings (SSSR count). The second kappa shape index (κ2) is 8.71. The molecule has 1 atom stereocenters. The lowest BCUT2D eigenvalue weighted by atomic mass is 9.89. The van der Waals surface area contributed by atoms with Gasteiger partial charge in [0.2, 0.25) is 5.91 Å². The fourth-order valence-electron chi connectivity index (χ4n) is 3.77. The highest BCUT2D eigenvalue weighted by Gasteiger charge is 2.24. The van der Waals surface area contributed by atoms with E-state index in [2.05, 4.69) is 12.2 Å². The minimum Gasteiger partial charge on any atom is -0.351 e. The molecule has 0 aliphatic heterocycles. The van der Waals surface area contributed by atoms with Crippen LogP contribution in [-0.2, 0) is 30.7 Å². The van der Waals surface area contributed by atoms with Gasteiger partial charge in [0.05, 0.1) is 11.1 Å². The summed E-state index contributed by atoms with van der Waals surface area (Å²) >= 11 is 2.99. The predicted molar refractivity (Wildman–Crippen MR) is 120 cm³/mol. The van der Waals surface area contributed by atoms with E-state index in [1.807, 2.05) is 37.3 Å². The van der Waals surface area contributed by atoms with Crippen molar-refractivity contribution in [2.45, 2.75) is 51.4 Å². The number of amides is 1. The Morgan fingerprint density at radius 1 is 1.34 bits per heavy atom. The fourth-order valence-corrected chi connectivity index (χ4v) is 6.09. The van der Waals surface area contributed by atoms with Crippen LogP contribution >= 0.6 is 23.1 Å². The van der Waals surface area contributed by atoms with Crippen molar-refractivity contribution in [3.8, 4) is 0 Å². The lowest BCUT2D eigenvalue weighted by Crippen LogP contribution is -2.26. The summed E-state index contributed by atoms with van der Waals surface area (Å²) in [6.07, 6.45) is 3.13. The van der Waals surface area contributed by atoms with E-state index < -0.39 is 0 Å². The Morgan fingerprint density at radius 3 is 2.90 bits per heavy atom. The fraction of sp³-hybridized carbons (Fsp3) is 0.409. The summed E-state index contributed by atoms with van der Waals surface area (Å²) in [5.41, 5.74) is 2.31. The molecule has 1 aliphatic carbocycles. The highest BCUT2D eigenvalue weighted by Crippen LogP contribution is 2.36. The summed E-state index contributed by atoms with van der Waals surface area (Å²) in [6.45, 7) is 5.27. The summed E-state index contributed by atoms with van der Waals surface area (Å²) in [4.78, 5) is 32.4. The number of aromatic nitrogens is 2. The molecule has 0 radical (unpaired) electrons. The molecule has 3 aromatic rings. The van der Waals surface area contributed by atoms with E-state index in [-0.39, 0.29) is 17.2 Å². The van der Waals surface area contributed by atoms with Crippen molar-refractivity contribution in [3.05, 3.63) is 56.7 Å². The Hall–Kier alpha value is -2.12. The first-order valence-corrected chi connectivity index (χ1v) is 11.9. The molecular weight excluding hydrogens is 402 g/mol. The van der Waals surface area contributed by atoms with Gasteiger partial charge in [-0.1, -0.05) is 49.0 Å². The Kier molecular flexibility index (Phi) is 6.06. The van der Waals surface area contributed by atoms with Gasteiger partial charge in [0.25, 0.3) is 5.56 Å². The summed E-state index contributed by atoms with van der Waals surface area (Å²) < 4.78 is 1.71. The van der Waals surface area contributed by atoms with Gasteiger partial charge < -0.3 is 5.32 Å². The van der Waals surface area contributed by atoms with Crippen LogP contribution in [0, 0.1) is 5.92 Å². The molecule has 0 fully saturated rings. The number of hydrogen-bond donors (Lipinski definition) is 1. The average molecular weight is 428 g/mol. The molecule has 0 saturated carbocycles. The SMILES string of the molecule is CCn1c(SCC(=O)NCc2ccccc2)nc2sc3c(c2c1=O)CCC(C)C3. The summed E-state index contributed by atoms with van der Waals surface area (Å²) in [6, 6.07) is 9.83. The molecule has 2 aromatic heterocycles. The summed E-state index contributed by atoms with van der Waals surface area (Å²) in [5, 5.41) is 4.36. The van der Waals surface area contributed by atoms with Crippen LogP contribution in [0.25, 0.3) is 10.2 Å². The van der Waals surface area contributed by atoms with Gasteiger partial charge >= 0.3 is 0 Å². The van der Waals surface area contributed by atoms with Gasteiger partial charge in [0.1, 0.15) is 4.83 Å². The van der Waals surface area contributed by atoms with Crippen LogP contribution in [0.15, 0.2) is 40.3 Å². The molecule has 0 spiro atoms. The largest absolute Gasteiger partial charge is 0.351 e. The first kappa shape index (κ1) is 20.2. The molecule has 2 heterocycles. The van der Waals surface area contributed by atoms with E-state index in [1.165, 1.54) is 22.2 Å². The Bertz CT molecular complexity index is 1090. The number of nitrogens with zero attached hydrogens (tertiary/aromatic N) is 2. The second-order valence-electron chi connectivity index (χ2n) is 7.53. The van der Waals surface area contributed by atoms with Crippen molar-refractivity contribution in [3.63, 3.8) is 0 Å². The van der Waals surface area contributed by atoms with Crippen LogP contribution in [0.1, 0.15) is 36.3 Å². The smallest absolute Gasteiger partial charge is 0.263 e. The third kappa shape index (κ3) is 4.26. The first-order valence-electron chi connectivity index (χ1n) is 10.0. The topological polar surface area (TPSA) is 64.0 Å². The van der Waals surface area contributed by atoms with Gasteiger partial charge in [-0.2, -0.15) is 0 Å². The van der Waals surface area contributed by atoms with Crippen molar-refractivity contribution < 1.29 is 4.79 Å². The average Bonchev–Trinajstić information content (AvgIpc) is 3.09. The molecule has 1 amide bonds. The highest BCUT2D eigenvalue weighted by atomic mass is 32.2. The quantitative estimate of drug-likeness (QED) is 0.477. The van der Waals surface area contributed by atoms with Gasteiger partial charge in [0, 0.05) is 18.0 Å². The zero-order chi connectivity index (χ0) is 20.4. The van der Waals surface area contributed by atoms with E-state index in [0.717, 1.165) is 35.0 Å². The molecule has 0 saturated heterocycles. The summed E-state index contributed by atoms with van der Waals surface area (Å²) in [7, 11) is 0. The van der Waals surface area contributed by atoms with Crippen LogP contribution in [0.4, 0.5) is 0 Å².